The fourth-order valence-corrected chi connectivity index (χ4v) is 3.18. The second-order valence-corrected chi connectivity index (χ2v) is 5.52. The Morgan fingerprint density at radius 1 is 1.05 bits per heavy atom. The van der Waals surface area contributed by atoms with Crippen LogP contribution < -0.4 is 4.74 Å². The molecule has 0 aliphatic carbocycles. The fourth-order valence-electron chi connectivity index (χ4n) is 3.18. The van der Waals surface area contributed by atoms with Gasteiger partial charge in [-0.05, 0) is 37.2 Å². The van der Waals surface area contributed by atoms with Gasteiger partial charge in [-0.2, -0.15) is 0 Å². The number of hydrogen-bond donors (Lipinski definition) is 0. The summed E-state index contributed by atoms with van der Waals surface area (Å²) in [5.41, 5.74) is 4.14. The molecule has 0 N–H and O–H groups in total. The highest BCUT2D eigenvalue weighted by atomic mass is 16.5. The van der Waals surface area contributed by atoms with Crippen molar-refractivity contribution in [3.05, 3.63) is 65.2 Å². The van der Waals surface area contributed by atoms with Crippen LogP contribution in [0.4, 0.5) is 0 Å². The first-order valence-corrected chi connectivity index (χ1v) is 7.19. The zero-order valence-electron chi connectivity index (χ0n) is 12.2. The normalized spacial score (nSPS) is 19.2. The second kappa shape index (κ2) is 5.68. The van der Waals surface area contributed by atoms with E-state index in [0.29, 0.717) is 5.92 Å². The van der Waals surface area contributed by atoms with Crippen LogP contribution in [0, 0.1) is 0 Å². The molecule has 0 radical (unpaired) electrons. The molecule has 0 spiro atoms. The maximum absolute atomic E-state index is 5.64. The number of benzene rings is 2. The molecule has 104 valence electrons. The van der Waals surface area contributed by atoms with Gasteiger partial charge in [0, 0.05) is 18.0 Å². The average Bonchev–Trinajstić information content (AvgIpc) is 2.66. The summed E-state index contributed by atoms with van der Waals surface area (Å²) in [5, 5.41) is 0. The third-order valence-corrected chi connectivity index (χ3v) is 4.17. The third kappa shape index (κ3) is 2.44. The van der Waals surface area contributed by atoms with Crippen LogP contribution in [-0.2, 0) is 6.54 Å². The maximum atomic E-state index is 5.64. The van der Waals surface area contributed by atoms with Gasteiger partial charge in [-0.1, -0.05) is 42.5 Å². The molecule has 0 fully saturated rings. The van der Waals surface area contributed by atoms with Gasteiger partial charge < -0.3 is 9.64 Å². The Bertz CT molecular complexity index is 579. The molecule has 2 heteroatoms. The fraction of sp³-hybridized carbons (Fsp3) is 0.333. The topological polar surface area (TPSA) is 12.5 Å². The van der Waals surface area contributed by atoms with Crippen LogP contribution in [0.3, 0.4) is 0 Å². The molecular weight excluding hydrogens is 246 g/mol. The van der Waals surface area contributed by atoms with Gasteiger partial charge in [-0.25, -0.2) is 0 Å². The quantitative estimate of drug-likeness (QED) is 0.823. The smallest absolute Gasteiger partial charge is 0.122 e. The molecule has 1 heterocycles. The Morgan fingerprint density at radius 3 is 2.60 bits per heavy atom. The van der Waals surface area contributed by atoms with Gasteiger partial charge in [0.1, 0.15) is 5.75 Å². The molecular formula is C18H21NO. The standard InChI is InChI=1S/C18H21NO/c1-19-12-11-16(14-7-4-3-5-8-14)18-15(13-19)9-6-10-17(18)20-2/h3-10,16H,11-13H2,1-2H3/t16-/m0/s1. The molecule has 20 heavy (non-hydrogen) atoms. The van der Waals surface area contributed by atoms with Crippen molar-refractivity contribution in [1.82, 2.24) is 4.90 Å². The van der Waals surface area contributed by atoms with E-state index in [0.717, 1.165) is 25.3 Å². The monoisotopic (exact) mass is 267 g/mol. The number of ether oxygens (including phenoxy) is 1. The van der Waals surface area contributed by atoms with Crippen molar-refractivity contribution in [2.75, 3.05) is 20.7 Å². The molecule has 1 aliphatic heterocycles. The van der Waals surface area contributed by atoms with Crippen molar-refractivity contribution in [3.63, 3.8) is 0 Å². The van der Waals surface area contributed by atoms with E-state index in [2.05, 4.69) is 60.5 Å². The predicted molar refractivity (Wildman–Crippen MR) is 82.2 cm³/mol. The maximum Gasteiger partial charge on any atom is 0.122 e. The van der Waals surface area contributed by atoms with Gasteiger partial charge >= 0.3 is 0 Å². The highest BCUT2D eigenvalue weighted by molar-refractivity contribution is 5.48. The highest BCUT2D eigenvalue weighted by Gasteiger charge is 2.25. The largest absolute Gasteiger partial charge is 0.496 e. The Balaban J connectivity index is 2.13. The van der Waals surface area contributed by atoms with Crippen LogP contribution in [0.2, 0.25) is 0 Å². The van der Waals surface area contributed by atoms with E-state index in [1.807, 2.05) is 0 Å². The van der Waals surface area contributed by atoms with E-state index in [1.54, 1.807) is 7.11 Å². The first-order valence-electron chi connectivity index (χ1n) is 7.19. The Hall–Kier alpha value is -1.80. The molecule has 0 aromatic heterocycles. The zero-order valence-corrected chi connectivity index (χ0v) is 12.2. The van der Waals surface area contributed by atoms with Crippen molar-refractivity contribution >= 4 is 0 Å². The minimum atomic E-state index is 0.423. The molecule has 2 aromatic carbocycles. The molecule has 0 amide bonds. The summed E-state index contributed by atoms with van der Waals surface area (Å²) in [4.78, 5) is 2.39. The number of nitrogens with zero attached hydrogens (tertiary/aromatic N) is 1. The molecule has 0 saturated carbocycles. The van der Waals surface area contributed by atoms with Crippen molar-refractivity contribution in [2.24, 2.45) is 0 Å². The second-order valence-electron chi connectivity index (χ2n) is 5.52. The summed E-state index contributed by atoms with van der Waals surface area (Å²) in [6, 6.07) is 17.2. The SMILES string of the molecule is COc1cccc2c1[C@H](c1ccccc1)CCN(C)C2. The molecule has 0 unspecified atom stereocenters. The molecule has 3 rings (SSSR count). The molecule has 1 atom stereocenters. The summed E-state index contributed by atoms with van der Waals surface area (Å²) < 4.78 is 5.64. The Morgan fingerprint density at radius 2 is 1.85 bits per heavy atom. The van der Waals surface area contributed by atoms with Gasteiger partial charge in [0.25, 0.3) is 0 Å². The lowest BCUT2D eigenvalue weighted by Crippen LogP contribution is -2.17. The summed E-state index contributed by atoms with van der Waals surface area (Å²) in [6.45, 7) is 2.10. The van der Waals surface area contributed by atoms with Crippen LogP contribution in [0.1, 0.15) is 29.0 Å². The van der Waals surface area contributed by atoms with Crippen molar-refractivity contribution in [3.8, 4) is 5.75 Å². The van der Waals surface area contributed by atoms with E-state index in [1.165, 1.54) is 16.7 Å². The highest BCUT2D eigenvalue weighted by Crippen LogP contribution is 2.39. The lowest BCUT2D eigenvalue weighted by atomic mass is 9.86. The van der Waals surface area contributed by atoms with Crippen molar-refractivity contribution in [1.29, 1.82) is 0 Å². The number of rotatable bonds is 2. The van der Waals surface area contributed by atoms with E-state index < -0.39 is 0 Å². The van der Waals surface area contributed by atoms with E-state index in [-0.39, 0.29) is 0 Å². The molecule has 2 nitrogen and oxygen atoms in total. The van der Waals surface area contributed by atoms with Crippen molar-refractivity contribution in [2.45, 2.75) is 18.9 Å². The number of methoxy groups -OCH3 is 1. The van der Waals surface area contributed by atoms with Crippen LogP contribution in [-0.4, -0.2) is 25.6 Å². The van der Waals surface area contributed by atoms with Crippen LogP contribution >= 0.6 is 0 Å². The molecule has 0 bridgehead atoms. The van der Waals surface area contributed by atoms with Crippen LogP contribution in [0.5, 0.6) is 5.75 Å². The predicted octanol–water partition coefficient (Wildman–Crippen LogP) is 3.66. The summed E-state index contributed by atoms with van der Waals surface area (Å²) in [6.07, 6.45) is 1.13. The Kier molecular flexibility index (Phi) is 3.75. The minimum Gasteiger partial charge on any atom is -0.496 e. The zero-order chi connectivity index (χ0) is 13.9. The summed E-state index contributed by atoms with van der Waals surface area (Å²) in [5.74, 6) is 1.44. The number of fused-ring (bicyclic) bond motifs is 1. The number of hydrogen-bond acceptors (Lipinski definition) is 2. The van der Waals surface area contributed by atoms with Crippen LogP contribution in [0.15, 0.2) is 48.5 Å². The molecule has 1 aliphatic rings. The Labute approximate surface area is 121 Å². The lowest BCUT2D eigenvalue weighted by molar-refractivity contribution is 0.328. The molecule has 0 saturated heterocycles. The average molecular weight is 267 g/mol. The summed E-state index contributed by atoms with van der Waals surface area (Å²) >= 11 is 0. The van der Waals surface area contributed by atoms with E-state index in [9.17, 15) is 0 Å². The van der Waals surface area contributed by atoms with E-state index in [4.69, 9.17) is 4.74 Å². The van der Waals surface area contributed by atoms with Crippen molar-refractivity contribution < 1.29 is 4.74 Å². The molecule has 2 aromatic rings. The van der Waals surface area contributed by atoms with Gasteiger partial charge in [-0.15, -0.1) is 0 Å². The van der Waals surface area contributed by atoms with E-state index >= 15 is 0 Å². The minimum absolute atomic E-state index is 0.423. The first kappa shape index (κ1) is 13.2. The van der Waals surface area contributed by atoms with Gasteiger partial charge in [0.2, 0.25) is 0 Å². The summed E-state index contributed by atoms with van der Waals surface area (Å²) in [7, 11) is 3.96. The lowest BCUT2D eigenvalue weighted by Gasteiger charge is -2.20. The third-order valence-electron chi connectivity index (χ3n) is 4.17. The van der Waals surface area contributed by atoms with Gasteiger partial charge in [0.05, 0.1) is 7.11 Å². The van der Waals surface area contributed by atoms with Gasteiger partial charge in [0.15, 0.2) is 0 Å². The van der Waals surface area contributed by atoms with Gasteiger partial charge in [-0.3, -0.25) is 0 Å². The van der Waals surface area contributed by atoms with Crippen LogP contribution in [0.25, 0.3) is 0 Å². The first-order chi connectivity index (χ1) is 9.79.